The van der Waals surface area contributed by atoms with Crippen molar-refractivity contribution >= 4 is 29.5 Å². The molecule has 8 nitrogen and oxygen atoms in total. The molecule has 1 atom stereocenters. The average molecular weight is 277 g/mol. The summed E-state index contributed by atoms with van der Waals surface area (Å²) in [7, 11) is 0. The van der Waals surface area contributed by atoms with Crippen LogP contribution in [0, 0.1) is 0 Å². The summed E-state index contributed by atoms with van der Waals surface area (Å²) < 4.78 is 0. The highest BCUT2D eigenvalue weighted by molar-refractivity contribution is 6.22. The summed E-state index contributed by atoms with van der Waals surface area (Å²) in [6, 6.07) is 2.44. The van der Waals surface area contributed by atoms with Gasteiger partial charge in [-0.25, -0.2) is 4.79 Å². The molecule has 0 unspecified atom stereocenters. The minimum absolute atomic E-state index is 0.166. The van der Waals surface area contributed by atoms with Crippen LogP contribution in [0.15, 0.2) is 18.2 Å². The molecule has 0 saturated heterocycles. The lowest BCUT2D eigenvalue weighted by Gasteiger charge is -2.11. The number of nitrogens with one attached hydrogen (secondary N) is 3. The van der Waals surface area contributed by atoms with Gasteiger partial charge >= 0.3 is 12.0 Å². The Kier molecular flexibility index (Phi) is 3.38. The fraction of sp³-hybridized carbons (Fsp3) is 0.167. The molecule has 0 aliphatic carbocycles. The quantitative estimate of drug-likeness (QED) is 0.586. The Labute approximate surface area is 113 Å². The molecule has 1 aromatic rings. The van der Waals surface area contributed by atoms with Crippen LogP contribution in [0.5, 0.6) is 0 Å². The fourth-order valence-electron chi connectivity index (χ4n) is 1.67. The molecule has 2 rings (SSSR count). The smallest absolute Gasteiger partial charge is 0.325 e. The summed E-state index contributed by atoms with van der Waals surface area (Å²) in [5.41, 5.74) is 0.683. The third-order valence-corrected chi connectivity index (χ3v) is 2.71. The van der Waals surface area contributed by atoms with E-state index in [0.717, 1.165) is 0 Å². The predicted octanol–water partition coefficient (Wildman–Crippen LogP) is 0.165. The fourth-order valence-corrected chi connectivity index (χ4v) is 1.67. The number of amides is 4. The van der Waals surface area contributed by atoms with E-state index >= 15 is 0 Å². The van der Waals surface area contributed by atoms with Crippen LogP contribution in [0.1, 0.15) is 27.6 Å². The highest BCUT2D eigenvalue weighted by atomic mass is 16.4. The minimum Gasteiger partial charge on any atom is -0.480 e. The van der Waals surface area contributed by atoms with Gasteiger partial charge in [-0.2, -0.15) is 0 Å². The van der Waals surface area contributed by atoms with Crippen molar-refractivity contribution < 1.29 is 24.3 Å². The molecule has 104 valence electrons. The lowest BCUT2D eigenvalue weighted by atomic mass is 10.1. The largest absolute Gasteiger partial charge is 0.480 e. The number of carboxylic acid groups (broad SMARTS) is 1. The zero-order chi connectivity index (χ0) is 14.9. The van der Waals surface area contributed by atoms with Crippen LogP contribution in [0.3, 0.4) is 0 Å². The number of imide groups is 1. The average Bonchev–Trinajstić information content (AvgIpc) is 2.64. The van der Waals surface area contributed by atoms with Crippen molar-refractivity contribution in [1.29, 1.82) is 0 Å². The van der Waals surface area contributed by atoms with Gasteiger partial charge in [0.25, 0.3) is 11.8 Å². The molecule has 1 aliphatic rings. The summed E-state index contributed by atoms with van der Waals surface area (Å²) in [5, 5.41) is 15.4. The summed E-state index contributed by atoms with van der Waals surface area (Å²) in [5.74, 6) is -2.19. The van der Waals surface area contributed by atoms with E-state index in [1.807, 2.05) is 0 Å². The van der Waals surface area contributed by atoms with Crippen LogP contribution in [0.2, 0.25) is 0 Å². The van der Waals surface area contributed by atoms with E-state index in [0.29, 0.717) is 0 Å². The normalized spacial score (nSPS) is 14.2. The molecule has 0 bridgehead atoms. The standard InChI is InChI=1S/C12H11N3O5/c1-5(11(18)19)13-12(20)14-6-2-3-7-8(4-6)10(17)15-9(7)16/h2-5H,1H3,(H,18,19)(H2,13,14,20)(H,15,16,17)/t5-/m0/s1. The number of carbonyl (C=O) groups excluding carboxylic acids is 3. The predicted molar refractivity (Wildman–Crippen MR) is 67.5 cm³/mol. The number of rotatable bonds is 3. The summed E-state index contributed by atoms with van der Waals surface area (Å²) in [6.07, 6.45) is 0. The molecule has 4 N–H and O–H groups in total. The van der Waals surface area contributed by atoms with E-state index in [4.69, 9.17) is 5.11 Å². The van der Waals surface area contributed by atoms with Crippen molar-refractivity contribution in [2.75, 3.05) is 5.32 Å². The molecule has 4 amide bonds. The van der Waals surface area contributed by atoms with Crippen molar-refractivity contribution in [1.82, 2.24) is 10.6 Å². The summed E-state index contributed by atoms with van der Waals surface area (Å²) in [4.78, 5) is 44.9. The van der Waals surface area contributed by atoms with E-state index in [1.165, 1.54) is 25.1 Å². The molecule has 20 heavy (non-hydrogen) atoms. The molecule has 0 radical (unpaired) electrons. The minimum atomic E-state index is -1.17. The Hall–Kier alpha value is -2.90. The molecule has 0 saturated carbocycles. The van der Waals surface area contributed by atoms with Gasteiger partial charge in [0.2, 0.25) is 0 Å². The number of aliphatic carboxylic acids is 1. The van der Waals surface area contributed by atoms with Crippen molar-refractivity contribution in [3.63, 3.8) is 0 Å². The van der Waals surface area contributed by atoms with Crippen LogP contribution in [-0.2, 0) is 4.79 Å². The number of urea groups is 1. The van der Waals surface area contributed by atoms with Gasteiger partial charge in [0.1, 0.15) is 6.04 Å². The van der Waals surface area contributed by atoms with E-state index in [1.54, 1.807) is 0 Å². The number of hydrogen-bond donors (Lipinski definition) is 4. The Morgan fingerprint density at radius 2 is 1.85 bits per heavy atom. The Balaban J connectivity index is 2.10. The van der Waals surface area contributed by atoms with Gasteiger partial charge in [-0.15, -0.1) is 0 Å². The van der Waals surface area contributed by atoms with Crippen LogP contribution in [-0.4, -0.2) is 35.0 Å². The van der Waals surface area contributed by atoms with Gasteiger partial charge < -0.3 is 15.7 Å². The molecule has 8 heteroatoms. The zero-order valence-electron chi connectivity index (χ0n) is 10.4. The lowest BCUT2D eigenvalue weighted by molar-refractivity contribution is -0.138. The number of carboxylic acids is 1. The first-order chi connectivity index (χ1) is 9.38. The van der Waals surface area contributed by atoms with Crippen molar-refractivity contribution in [2.45, 2.75) is 13.0 Å². The molecule has 0 aromatic heterocycles. The molecular formula is C12H11N3O5. The maximum absolute atomic E-state index is 11.5. The van der Waals surface area contributed by atoms with Crippen LogP contribution < -0.4 is 16.0 Å². The topological polar surface area (TPSA) is 125 Å². The SMILES string of the molecule is C[C@H](NC(=O)Nc1ccc2c(c1)C(=O)NC2=O)C(=O)O. The summed E-state index contributed by atoms with van der Waals surface area (Å²) in [6.45, 7) is 1.32. The first-order valence-corrected chi connectivity index (χ1v) is 5.68. The van der Waals surface area contributed by atoms with E-state index in [-0.39, 0.29) is 16.8 Å². The maximum atomic E-state index is 11.5. The first-order valence-electron chi connectivity index (χ1n) is 5.68. The molecule has 1 heterocycles. The number of anilines is 1. The van der Waals surface area contributed by atoms with Crippen LogP contribution in [0.4, 0.5) is 10.5 Å². The van der Waals surface area contributed by atoms with Gasteiger partial charge in [-0.05, 0) is 25.1 Å². The van der Waals surface area contributed by atoms with Gasteiger partial charge in [0.05, 0.1) is 11.1 Å². The second kappa shape index (κ2) is 5.00. The van der Waals surface area contributed by atoms with Gasteiger partial charge in [-0.3, -0.25) is 19.7 Å². The number of hydrogen-bond acceptors (Lipinski definition) is 4. The second-order valence-electron chi connectivity index (χ2n) is 4.20. The molecule has 1 aliphatic heterocycles. The van der Waals surface area contributed by atoms with E-state index in [2.05, 4.69) is 16.0 Å². The number of benzene rings is 1. The highest BCUT2D eigenvalue weighted by Crippen LogP contribution is 2.20. The highest BCUT2D eigenvalue weighted by Gasteiger charge is 2.26. The Bertz CT molecular complexity index is 626. The molecular weight excluding hydrogens is 266 g/mol. The third-order valence-electron chi connectivity index (χ3n) is 2.71. The Morgan fingerprint density at radius 1 is 1.20 bits per heavy atom. The van der Waals surface area contributed by atoms with Gasteiger partial charge in [0, 0.05) is 5.69 Å². The van der Waals surface area contributed by atoms with E-state index < -0.39 is 29.9 Å². The molecule has 1 aromatic carbocycles. The number of carbonyl (C=O) groups is 4. The third kappa shape index (κ3) is 2.58. The summed E-state index contributed by atoms with van der Waals surface area (Å²) >= 11 is 0. The zero-order valence-corrected chi connectivity index (χ0v) is 10.4. The number of fused-ring (bicyclic) bond motifs is 1. The van der Waals surface area contributed by atoms with E-state index in [9.17, 15) is 19.2 Å². The van der Waals surface area contributed by atoms with Crippen molar-refractivity contribution in [3.8, 4) is 0 Å². The molecule has 0 fully saturated rings. The van der Waals surface area contributed by atoms with Gasteiger partial charge in [0.15, 0.2) is 0 Å². The first kappa shape index (κ1) is 13.5. The van der Waals surface area contributed by atoms with Crippen molar-refractivity contribution in [2.24, 2.45) is 0 Å². The monoisotopic (exact) mass is 277 g/mol. The molecule has 0 spiro atoms. The van der Waals surface area contributed by atoms with Crippen molar-refractivity contribution in [3.05, 3.63) is 29.3 Å². The van der Waals surface area contributed by atoms with Crippen LogP contribution in [0.25, 0.3) is 0 Å². The second-order valence-corrected chi connectivity index (χ2v) is 4.20. The van der Waals surface area contributed by atoms with Crippen LogP contribution >= 0.6 is 0 Å². The Morgan fingerprint density at radius 3 is 2.50 bits per heavy atom. The van der Waals surface area contributed by atoms with Gasteiger partial charge in [-0.1, -0.05) is 0 Å². The lowest BCUT2D eigenvalue weighted by Crippen LogP contribution is -2.40. The maximum Gasteiger partial charge on any atom is 0.325 e.